The number of ether oxygens (including phenoxy) is 2. The number of fused-ring (bicyclic) bond motifs is 1. The van der Waals surface area contributed by atoms with Crippen LogP contribution in [0.2, 0.25) is 0 Å². The second kappa shape index (κ2) is 11.7. The summed E-state index contributed by atoms with van der Waals surface area (Å²) in [6, 6.07) is 4.10. The van der Waals surface area contributed by atoms with E-state index in [4.69, 9.17) is 9.47 Å². The third kappa shape index (κ3) is 6.53. The lowest BCUT2D eigenvalue weighted by molar-refractivity contribution is -0.760. The van der Waals surface area contributed by atoms with Gasteiger partial charge in [-0.1, -0.05) is 6.07 Å². The fourth-order valence-electron chi connectivity index (χ4n) is 6.80. The molecule has 1 aromatic carbocycles. The number of alkyl carbamates (subject to hydrolysis) is 1. The molecule has 2 aromatic rings. The average molecular weight is 635 g/mol. The standard InChI is InChI=1S/C29H38N4O10S/c1-18-14-31(17-41-26(35)20-12-29(13-20)10-19(11-29)16-42-33(37)38)25(34)22-6-5-7-23(24(18)22)44(39,40)32-9-8-21(15-32)30-27(36)43-28(2,3)4/h5-7,14,19-21H,8-13,15-17H2,1-4H3,(H,30,36)/t19?,20?,21-,29?/m0/s1. The van der Waals surface area contributed by atoms with Gasteiger partial charge in [0.15, 0.2) is 6.73 Å². The second-order valence-corrected chi connectivity index (χ2v) is 15.2. The van der Waals surface area contributed by atoms with Crippen LogP contribution in [-0.4, -0.2) is 65.8 Å². The van der Waals surface area contributed by atoms with Crippen LogP contribution >= 0.6 is 0 Å². The molecule has 2 saturated carbocycles. The summed E-state index contributed by atoms with van der Waals surface area (Å²) in [6.45, 7) is 6.96. The normalized spacial score (nSPS) is 25.2. The van der Waals surface area contributed by atoms with Gasteiger partial charge in [-0.3, -0.25) is 14.2 Å². The van der Waals surface area contributed by atoms with Crippen molar-refractivity contribution in [1.29, 1.82) is 0 Å². The Morgan fingerprint density at radius 1 is 1.18 bits per heavy atom. The predicted molar refractivity (Wildman–Crippen MR) is 156 cm³/mol. The lowest BCUT2D eigenvalue weighted by Gasteiger charge is -2.56. The van der Waals surface area contributed by atoms with Gasteiger partial charge < -0.3 is 19.6 Å². The molecule has 1 saturated heterocycles. The van der Waals surface area contributed by atoms with Gasteiger partial charge in [0.2, 0.25) is 10.0 Å². The molecular formula is C29H38N4O10S. The first-order valence-electron chi connectivity index (χ1n) is 14.6. The number of nitrogens with zero attached hydrogens (tertiary/aromatic N) is 3. The van der Waals surface area contributed by atoms with E-state index in [2.05, 4.69) is 10.2 Å². The third-order valence-electron chi connectivity index (χ3n) is 8.65. The summed E-state index contributed by atoms with van der Waals surface area (Å²) in [4.78, 5) is 53.1. The molecular weight excluding hydrogens is 596 g/mol. The minimum absolute atomic E-state index is 0.00570. The number of carbonyl (C=O) groups is 2. The number of aromatic nitrogens is 1. The molecule has 0 radical (unpaired) electrons. The van der Waals surface area contributed by atoms with Crippen LogP contribution in [0.3, 0.4) is 0 Å². The highest BCUT2D eigenvalue weighted by molar-refractivity contribution is 7.89. The van der Waals surface area contributed by atoms with Gasteiger partial charge in [-0.2, -0.15) is 4.31 Å². The number of esters is 1. The first-order valence-corrected chi connectivity index (χ1v) is 16.1. The van der Waals surface area contributed by atoms with Crippen molar-refractivity contribution in [3.05, 3.63) is 50.4 Å². The van der Waals surface area contributed by atoms with Crippen molar-refractivity contribution in [1.82, 2.24) is 14.2 Å². The maximum Gasteiger partial charge on any atom is 0.407 e. The molecule has 1 aliphatic heterocycles. The molecule has 0 bridgehead atoms. The number of nitrogens with one attached hydrogen (secondary N) is 1. The Labute approximate surface area is 254 Å². The zero-order valence-corrected chi connectivity index (χ0v) is 26.1. The molecule has 5 rings (SSSR count). The van der Waals surface area contributed by atoms with Crippen molar-refractivity contribution in [2.45, 2.75) is 83.1 Å². The average Bonchev–Trinajstić information content (AvgIpc) is 3.35. The van der Waals surface area contributed by atoms with Crippen LogP contribution in [0.1, 0.15) is 58.4 Å². The van der Waals surface area contributed by atoms with Gasteiger partial charge in [-0.15, -0.1) is 10.1 Å². The highest BCUT2D eigenvalue weighted by atomic mass is 32.2. The molecule has 1 N–H and O–H groups in total. The van der Waals surface area contributed by atoms with Gasteiger partial charge in [0, 0.05) is 36.1 Å². The molecule has 14 nitrogen and oxygen atoms in total. The van der Waals surface area contributed by atoms with Crippen LogP contribution < -0.4 is 10.9 Å². The van der Waals surface area contributed by atoms with E-state index in [1.54, 1.807) is 33.8 Å². The van der Waals surface area contributed by atoms with Crippen LogP contribution in [0.5, 0.6) is 0 Å². The summed E-state index contributed by atoms with van der Waals surface area (Å²) in [5.74, 6) is -0.591. The molecule has 1 atom stereocenters. The Kier molecular flexibility index (Phi) is 8.39. The fraction of sp³-hybridized carbons (Fsp3) is 0.621. The lowest BCUT2D eigenvalue weighted by Crippen LogP contribution is -2.51. The maximum atomic E-state index is 13.7. The van der Waals surface area contributed by atoms with E-state index >= 15 is 0 Å². The van der Waals surface area contributed by atoms with E-state index in [-0.39, 0.29) is 54.0 Å². The number of hydrogen-bond donors (Lipinski definition) is 1. The van der Waals surface area contributed by atoms with E-state index in [9.17, 15) is 32.9 Å². The minimum atomic E-state index is -4.01. The van der Waals surface area contributed by atoms with Crippen molar-refractivity contribution < 1.29 is 37.4 Å². The van der Waals surface area contributed by atoms with Gasteiger partial charge in [0.1, 0.15) is 5.60 Å². The lowest BCUT2D eigenvalue weighted by atomic mass is 9.48. The van der Waals surface area contributed by atoms with Crippen LogP contribution in [0.15, 0.2) is 34.1 Å². The van der Waals surface area contributed by atoms with Crippen molar-refractivity contribution in [2.75, 3.05) is 19.7 Å². The first kappa shape index (κ1) is 31.7. The zero-order chi connectivity index (χ0) is 32.0. The molecule has 15 heteroatoms. The number of sulfonamides is 1. The SMILES string of the molecule is Cc1cn(COC(=O)C2CC3(CC(CO[N+](=O)[O-])C3)C2)c(=O)c2cccc(S(=O)(=O)N3CC[C@H](NC(=O)OC(C)(C)C)C3)c12. The third-order valence-corrected chi connectivity index (χ3v) is 10.6. The fourth-order valence-corrected chi connectivity index (χ4v) is 8.58. The smallest absolute Gasteiger partial charge is 0.407 e. The summed E-state index contributed by atoms with van der Waals surface area (Å²) >= 11 is 0. The van der Waals surface area contributed by atoms with E-state index < -0.39 is 44.4 Å². The number of benzene rings is 1. The highest BCUT2D eigenvalue weighted by Gasteiger charge is 2.55. The predicted octanol–water partition coefficient (Wildman–Crippen LogP) is 3.11. The summed E-state index contributed by atoms with van der Waals surface area (Å²) < 4.78 is 40.8. The van der Waals surface area contributed by atoms with Gasteiger partial charge in [0.05, 0.1) is 17.4 Å². The number of amides is 1. The quantitative estimate of drug-likeness (QED) is 0.245. The van der Waals surface area contributed by atoms with Crippen molar-refractivity contribution in [2.24, 2.45) is 17.3 Å². The van der Waals surface area contributed by atoms with Gasteiger partial charge >= 0.3 is 12.1 Å². The second-order valence-electron chi connectivity index (χ2n) is 13.3. The summed E-state index contributed by atoms with van der Waals surface area (Å²) in [6.07, 6.45) is 4.12. The van der Waals surface area contributed by atoms with E-state index in [0.717, 1.165) is 12.8 Å². The minimum Gasteiger partial charge on any atom is -0.444 e. The van der Waals surface area contributed by atoms with Gasteiger partial charge in [-0.25, -0.2) is 13.2 Å². The first-order chi connectivity index (χ1) is 20.6. The Bertz CT molecular complexity index is 1630. The molecule has 44 heavy (non-hydrogen) atoms. The summed E-state index contributed by atoms with van der Waals surface area (Å²) in [5.41, 5.74) is -0.634. The molecule has 2 heterocycles. The number of aryl methyl sites for hydroxylation is 1. The Morgan fingerprint density at radius 3 is 2.55 bits per heavy atom. The number of rotatable bonds is 9. The van der Waals surface area contributed by atoms with Gasteiger partial charge in [0.25, 0.3) is 10.6 Å². The molecule has 2 aliphatic carbocycles. The molecule has 1 aromatic heterocycles. The molecule has 240 valence electrons. The molecule has 1 amide bonds. The van der Waals surface area contributed by atoms with E-state index in [1.807, 2.05) is 0 Å². The molecule has 3 aliphatic rings. The highest BCUT2D eigenvalue weighted by Crippen LogP contribution is 2.61. The van der Waals surface area contributed by atoms with Crippen molar-refractivity contribution in [3.8, 4) is 0 Å². The molecule has 3 fully saturated rings. The zero-order valence-electron chi connectivity index (χ0n) is 25.2. The maximum absolute atomic E-state index is 13.7. The number of pyridine rings is 1. The van der Waals surface area contributed by atoms with E-state index in [0.29, 0.717) is 30.2 Å². The van der Waals surface area contributed by atoms with Crippen LogP contribution in [0.25, 0.3) is 10.8 Å². The topological polar surface area (TPSA) is 176 Å². The summed E-state index contributed by atoms with van der Waals surface area (Å²) in [5, 5.41) is 12.8. The van der Waals surface area contributed by atoms with Crippen LogP contribution in [0.4, 0.5) is 4.79 Å². The monoisotopic (exact) mass is 634 g/mol. The Morgan fingerprint density at radius 2 is 1.89 bits per heavy atom. The Balaban J connectivity index is 1.22. The van der Waals surface area contributed by atoms with Crippen molar-refractivity contribution in [3.63, 3.8) is 0 Å². The largest absolute Gasteiger partial charge is 0.444 e. The Hall–Kier alpha value is -3.72. The molecule has 0 unspecified atom stereocenters. The van der Waals surface area contributed by atoms with Crippen LogP contribution in [-0.2, 0) is 35.9 Å². The number of hydrogen-bond acceptors (Lipinski definition) is 10. The van der Waals surface area contributed by atoms with Gasteiger partial charge in [-0.05, 0) is 88.8 Å². The van der Waals surface area contributed by atoms with Crippen LogP contribution in [0, 0.1) is 34.3 Å². The number of carbonyl (C=O) groups excluding carboxylic acids is 2. The van der Waals surface area contributed by atoms with E-state index in [1.165, 1.54) is 27.2 Å². The molecule has 1 spiro atoms. The summed E-state index contributed by atoms with van der Waals surface area (Å²) in [7, 11) is -4.01. The van der Waals surface area contributed by atoms with Crippen molar-refractivity contribution >= 4 is 32.9 Å².